The van der Waals surface area contributed by atoms with Crippen molar-refractivity contribution in [1.29, 1.82) is 0 Å². The molecule has 0 aliphatic rings. The molecule has 1 aromatic heterocycles. The molecule has 138 valence electrons. The average molecular weight is 458 g/mol. The van der Waals surface area contributed by atoms with Crippen molar-refractivity contribution in [3.63, 3.8) is 0 Å². The summed E-state index contributed by atoms with van der Waals surface area (Å²) in [5.41, 5.74) is 1.13. The van der Waals surface area contributed by atoms with Crippen molar-refractivity contribution in [3.05, 3.63) is 41.5 Å². The highest BCUT2D eigenvalue weighted by molar-refractivity contribution is 14.0. The molecule has 7 nitrogen and oxygen atoms in total. The number of methoxy groups -OCH3 is 1. The normalized spacial score (nSPS) is 11.0. The average Bonchev–Trinajstić information content (AvgIpc) is 2.93. The lowest BCUT2D eigenvalue weighted by Crippen LogP contribution is -2.38. The summed E-state index contributed by atoms with van der Waals surface area (Å²) in [6.45, 7) is 6.10. The van der Waals surface area contributed by atoms with Crippen molar-refractivity contribution in [2.24, 2.45) is 12.0 Å². The van der Waals surface area contributed by atoms with Crippen molar-refractivity contribution in [3.8, 4) is 5.75 Å². The second-order valence-corrected chi connectivity index (χ2v) is 5.52. The van der Waals surface area contributed by atoms with E-state index in [0.717, 1.165) is 41.9 Å². The van der Waals surface area contributed by atoms with Crippen LogP contribution in [0.4, 0.5) is 0 Å². The Bertz CT molecular complexity index is 668. The van der Waals surface area contributed by atoms with Crippen LogP contribution < -0.4 is 15.4 Å². The van der Waals surface area contributed by atoms with Crippen molar-refractivity contribution < 1.29 is 4.74 Å². The van der Waals surface area contributed by atoms with Crippen molar-refractivity contribution in [2.75, 3.05) is 13.7 Å². The monoisotopic (exact) mass is 458 g/mol. The highest BCUT2D eigenvalue weighted by Crippen LogP contribution is 2.11. The summed E-state index contributed by atoms with van der Waals surface area (Å²) in [6, 6.07) is 7.93. The highest BCUT2D eigenvalue weighted by atomic mass is 127. The van der Waals surface area contributed by atoms with Crippen LogP contribution in [0.2, 0.25) is 0 Å². The van der Waals surface area contributed by atoms with Gasteiger partial charge in [-0.05, 0) is 31.0 Å². The molecule has 1 heterocycles. The number of guanidine groups is 1. The topological polar surface area (TPSA) is 76.4 Å². The third-order valence-electron chi connectivity index (χ3n) is 3.72. The van der Waals surface area contributed by atoms with E-state index in [1.165, 1.54) is 0 Å². The lowest BCUT2D eigenvalue weighted by molar-refractivity contribution is 0.414. The largest absolute Gasteiger partial charge is 0.497 e. The van der Waals surface area contributed by atoms with Crippen LogP contribution in [0.1, 0.15) is 30.6 Å². The number of benzene rings is 1. The zero-order valence-corrected chi connectivity index (χ0v) is 17.6. The number of hydrogen-bond donors (Lipinski definition) is 2. The maximum absolute atomic E-state index is 5.17. The molecule has 2 aromatic rings. The van der Waals surface area contributed by atoms with Crippen LogP contribution in [-0.2, 0) is 20.1 Å². The molecule has 0 spiro atoms. The molecule has 2 N–H and O–H groups in total. The summed E-state index contributed by atoms with van der Waals surface area (Å²) in [4.78, 5) is 4.63. The molecule has 1 aromatic carbocycles. The number of hydrogen-bond acceptors (Lipinski definition) is 4. The van der Waals surface area contributed by atoms with E-state index in [9.17, 15) is 0 Å². The number of aliphatic imine (C=N–C) groups is 1. The van der Waals surface area contributed by atoms with Gasteiger partial charge in [-0.15, -0.1) is 34.2 Å². The Balaban J connectivity index is 0.00000312. The third-order valence-corrected chi connectivity index (χ3v) is 3.72. The summed E-state index contributed by atoms with van der Waals surface area (Å²) in [5.74, 6) is 3.39. The smallest absolute Gasteiger partial charge is 0.191 e. The number of ether oxygens (including phenoxy) is 1. The van der Waals surface area contributed by atoms with E-state index in [1.807, 2.05) is 42.8 Å². The summed E-state index contributed by atoms with van der Waals surface area (Å²) < 4.78 is 7.14. The fourth-order valence-corrected chi connectivity index (χ4v) is 2.09. The molecule has 0 atom stereocenters. The Hall–Kier alpha value is -1.84. The Labute approximate surface area is 166 Å². The fourth-order valence-electron chi connectivity index (χ4n) is 2.09. The van der Waals surface area contributed by atoms with Gasteiger partial charge in [-0.2, -0.15) is 0 Å². The number of nitrogens with one attached hydrogen (secondary N) is 2. The van der Waals surface area contributed by atoms with Gasteiger partial charge in [0.15, 0.2) is 11.8 Å². The number of aryl methyl sites for hydroxylation is 1. The minimum atomic E-state index is 0. The lowest BCUT2D eigenvalue weighted by Gasteiger charge is -2.12. The fraction of sp³-hybridized carbons (Fsp3) is 0.471. The van der Waals surface area contributed by atoms with Crippen LogP contribution in [-0.4, -0.2) is 34.4 Å². The number of nitrogens with zero attached hydrogens (tertiary/aromatic N) is 4. The lowest BCUT2D eigenvalue weighted by atomic mass is 10.2. The Morgan fingerprint density at radius 2 is 1.92 bits per heavy atom. The van der Waals surface area contributed by atoms with Gasteiger partial charge in [0.05, 0.1) is 20.2 Å². The van der Waals surface area contributed by atoms with Crippen LogP contribution in [0.15, 0.2) is 29.3 Å². The van der Waals surface area contributed by atoms with Gasteiger partial charge < -0.3 is 19.9 Å². The SMILES string of the molecule is CCCNC(=NCc1ccc(OC)cc1)NCc1nnc(C)n1C.I. The standard InChI is InChI=1S/C17H26N6O.HI/c1-5-10-18-17(20-12-16-22-21-13(2)23(16)3)19-11-14-6-8-15(24-4)9-7-14;/h6-9H,5,10-12H2,1-4H3,(H2,18,19,20);1H. The molecule has 2 rings (SSSR count). The van der Waals surface area contributed by atoms with Gasteiger partial charge in [-0.25, -0.2) is 4.99 Å². The predicted octanol–water partition coefficient (Wildman–Crippen LogP) is 2.40. The third kappa shape index (κ3) is 6.52. The van der Waals surface area contributed by atoms with Crippen LogP contribution in [0.25, 0.3) is 0 Å². The zero-order chi connectivity index (χ0) is 17.4. The summed E-state index contributed by atoms with van der Waals surface area (Å²) in [6.07, 6.45) is 1.03. The van der Waals surface area contributed by atoms with Crippen molar-refractivity contribution >= 4 is 29.9 Å². The van der Waals surface area contributed by atoms with Gasteiger partial charge >= 0.3 is 0 Å². The molecule has 25 heavy (non-hydrogen) atoms. The molecule has 0 unspecified atom stereocenters. The van der Waals surface area contributed by atoms with E-state index in [0.29, 0.717) is 13.1 Å². The molecular weight excluding hydrogens is 431 g/mol. The Morgan fingerprint density at radius 1 is 1.20 bits per heavy atom. The molecule has 0 aliphatic heterocycles. The van der Waals surface area contributed by atoms with Gasteiger partial charge in [-0.3, -0.25) is 0 Å². The maximum Gasteiger partial charge on any atom is 0.191 e. The number of rotatable bonds is 7. The van der Waals surface area contributed by atoms with E-state index in [2.05, 4.69) is 32.7 Å². The molecule has 0 amide bonds. The quantitative estimate of drug-likeness (QED) is 0.379. The van der Waals surface area contributed by atoms with Crippen LogP contribution in [0.5, 0.6) is 5.75 Å². The molecule has 0 radical (unpaired) electrons. The van der Waals surface area contributed by atoms with Gasteiger partial charge in [0.25, 0.3) is 0 Å². The molecule has 0 bridgehead atoms. The summed E-state index contributed by atoms with van der Waals surface area (Å²) in [5, 5.41) is 14.8. The first-order valence-electron chi connectivity index (χ1n) is 8.14. The summed E-state index contributed by atoms with van der Waals surface area (Å²) in [7, 11) is 3.62. The number of halogens is 1. The number of aromatic nitrogens is 3. The Kier molecular flexibility index (Phi) is 9.25. The van der Waals surface area contributed by atoms with Crippen molar-refractivity contribution in [2.45, 2.75) is 33.4 Å². The first-order chi connectivity index (χ1) is 11.6. The van der Waals surface area contributed by atoms with Gasteiger partial charge in [-0.1, -0.05) is 19.1 Å². The van der Waals surface area contributed by atoms with Gasteiger partial charge in [0, 0.05) is 13.6 Å². The van der Waals surface area contributed by atoms with Crippen LogP contribution in [0, 0.1) is 6.92 Å². The molecule has 0 fully saturated rings. The van der Waals surface area contributed by atoms with Crippen LogP contribution in [0.3, 0.4) is 0 Å². The van der Waals surface area contributed by atoms with Gasteiger partial charge in [0.2, 0.25) is 0 Å². The molecular formula is C17H27IN6O. The molecule has 8 heteroatoms. The molecule has 0 aliphatic carbocycles. The highest BCUT2D eigenvalue weighted by Gasteiger charge is 2.06. The van der Waals surface area contributed by atoms with E-state index in [-0.39, 0.29) is 24.0 Å². The maximum atomic E-state index is 5.17. The summed E-state index contributed by atoms with van der Waals surface area (Å²) >= 11 is 0. The Morgan fingerprint density at radius 3 is 2.48 bits per heavy atom. The van der Waals surface area contributed by atoms with Crippen LogP contribution >= 0.6 is 24.0 Å². The molecule has 0 saturated heterocycles. The zero-order valence-electron chi connectivity index (χ0n) is 15.2. The minimum Gasteiger partial charge on any atom is -0.497 e. The van der Waals surface area contributed by atoms with E-state index < -0.39 is 0 Å². The van der Waals surface area contributed by atoms with E-state index >= 15 is 0 Å². The van der Waals surface area contributed by atoms with E-state index in [1.54, 1.807) is 7.11 Å². The predicted molar refractivity (Wildman–Crippen MR) is 110 cm³/mol. The van der Waals surface area contributed by atoms with E-state index in [4.69, 9.17) is 4.74 Å². The second kappa shape index (κ2) is 10.9. The first-order valence-corrected chi connectivity index (χ1v) is 8.14. The van der Waals surface area contributed by atoms with Crippen molar-refractivity contribution in [1.82, 2.24) is 25.4 Å². The second-order valence-electron chi connectivity index (χ2n) is 5.52. The minimum absolute atomic E-state index is 0. The van der Waals surface area contributed by atoms with Gasteiger partial charge in [0.1, 0.15) is 11.6 Å². The first kappa shape index (κ1) is 21.2. The molecule has 0 saturated carbocycles.